The van der Waals surface area contributed by atoms with Gasteiger partial charge in [0.25, 0.3) is 0 Å². The van der Waals surface area contributed by atoms with Crippen LogP contribution in [0.15, 0.2) is 22.7 Å². The van der Waals surface area contributed by atoms with E-state index < -0.39 is 0 Å². The number of halogens is 1. The zero-order chi connectivity index (χ0) is 14.4. The SMILES string of the molecule is CCCOc1ccc(Br)cc1CNC1CCC(N)CC1. The van der Waals surface area contributed by atoms with E-state index in [-0.39, 0.29) is 0 Å². The van der Waals surface area contributed by atoms with Crippen molar-refractivity contribution in [1.82, 2.24) is 5.32 Å². The van der Waals surface area contributed by atoms with Gasteiger partial charge in [-0.15, -0.1) is 0 Å². The maximum atomic E-state index is 5.95. The van der Waals surface area contributed by atoms with Crippen molar-refractivity contribution in [3.05, 3.63) is 28.2 Å². The minimum atomic E-state index is 0.405. The monoisotopic (exact) mass is 340 g/mol. The first-order chi connectivity index (χ1) is 9.69. The molecule has 112 valence electrons. The number of hydrogen-bond donors (Lipinski definition) is 2. The minimum absolute atomic E-state index is 0.405. The van der Waals surface area contributed by atoms with Crippen LogP contribution in [-0.4, -0.2) is 18.7 Å². The highest BCUT2D eigenvalue weighted by Crippen LogP contribution is 2.24. The quantitative estimate of drug-likeness (QED) is 0.831. The van der Waals surface area contributed by atoms with Crippen molar-refractivity contribution in [2.24, 2.45) is 5.73 Å². The smallest absolute Gasteiger partial charge is 0.123 e. The van der Waals surface area contributed by atoms with E-state index in [1.54, 1.807) is 0 Å². The molecule has 20 heavy (non-hydrogen) atoms. The van der Waals surface area contributed by atoms with E-state index in [2.05, 4.69) is 34.2 Å². The van der Waals surface area contributed by atoms with Crippen LogP contribution in [-0.2, 0) is 6.54 Å². The molecule has 2 rings (SSSR count). The van der Waals surface area contributed by atoms with E-state index in [1.807, 2.05) is 12.1 Å². The first-order valence-corrected chi connectivity index (χ1v) is 8.38. The number of hydrogen-bond acceptors (Lipinski definition) is 3. The largest absolute Gasteiger partial charge is 0.493 e. The molecule has 1 aromatic carbocycles. The molecule has 0 saturated heterocycles. The summed E-state index contributed by atoms with van der Waals surface area (Å²) in [4.78, 5) is 0. The fourth-order valence-electron chi connectivity index (χ4n) is 2.62. The Hall–Kier alpha value is -0.580. The Morgan fingerprint density at radius 3 is 2.75 bits per heavy atom. The van der Waals surface area contributed by atoms with Gasteiger partial charge in [-0.1, -0.05) is 22.9 Å². The molecule has 4 heteroatoms. The van der Waals surface area contributed by atoms with Crippen LogP contribution < -0.4 is 15.8 Å². The standard InChI is InChI=1S/C16H25BrN2O/c1-2-9-20-16-8-3-13(17)10-12(16)11-19-15-6-4-14(18)5-7-15/h3,8,10,14-15,19H,2,4-7,9,11,18H2,1H3. The Morgan fingerprint density at radius 2 is 2.05 bits per heavy atom. The van der Waals surface area contributed by atoms with Gasteiger partial charge in [-0.2, -0.15) is 0 Å². The second kappa shape index (κ2) is 8.01. The van der Waals surface area contributed by atoms with Crippen molar-refractivity contribution in [2.75, 3.05) is 6.61 Å². The Labute approximate surface area is 130 Å². The predicted molar refractivity (Wildman–Crippen MR) is 87.0 cm³/mol. The lowest BCUT2D eigenvalue weighted by molar-refractivity contribution is 0.308. The topological polar surface area (TPSA) is 47.3 Å². The van der Waals surface area contributed by atoms with E-state index in [4.69, 9.17) is 10.5 Å². The van der Waals surface area contributed by atoms with Crippen LogP contribution in [0.1, 0.15) is 44.6 Å². The van der Waals surface area contributed by atoms with Gasteiger partial charge in [0, 0.05) is 28.7 Å². The molecule has 0 atom stereocenters. The Bertz CT molecular complexity index is 417. The van der Waals surface area contributed by atoms with Crippen molar-refractivity contribution in [3.8, 4) is 5.75 Å². The Balaban J connectivity index is 1.92. The predicted octanol–water partition coefficient (Wildman–Crippen LogP) is 3.60. The van der Waals surface area contributed by atoms with Gasteiger partial charge in [0.15, 0.2) is 0 Å². The van der Waals surface area contributed by atoms with E-state index >= 15 is 0 Å². The molecule has 0 bridgehead atoms. The summed E-state index contributed by atoms with van der Waals surface area (Å²) in [5.41, 5.74) is 7.17. The number of ether oxygens (including phenoxy) is 1. The second-order valence-corrected chi connectivity index (χ2v) is 6.51. The van der Waals surface area contributed by atoms with Gasteiger partial charge >= 0.3 is 0 Å². The van der Waals surface area contributed by atoms with Crippen molar-refractivity contribution in [1.29, 1.82) is 0 Å². The fraction of sp³-hybridized carbons (Fsp3) is 0.625. The Kier molecular flexibility index (Phi) is 6.33. The minimum Gasteiger partial charge on any atom is -0.493 e. The fourth-order valence-corrected chi connectivity index (χ4v) is 3.03. The van der Waals surface area contributed by atoms with Crippen molar-refractivity contribution in [3.63, 3.8) is 0 Å². The highest BCUT2D eigenvalue weighted by molar-refractivity contribution is 9.10. The van der Waals surface area contributed by atoms with E-state index in [0.29, 0.717) is 12.1 Å². The molecule has 1 saturated carbocycles. The molecule has 1 aromatic rings. The normalized spacial score (nSPS) is 22.8. The summed E-state index contributed by atoms with van der Waals surface area (Å²) in [7, 11) is 0. The molecule has 0 aliphatic heterocycles. The van der Waals surface area contributed by atoms with E-state index in [0.717, 1.165) is 42.6 Å². The van der Waals surface area contributed by atoms with Gasteiger partial charge in [-0.05, 0) is 50.3 Å². The highest BCUT2D eigenvalue weighted by Gasteiger charge is 2.18. The van der Waals surface area contributed by atoms with Gasteiger partial charge in [-0.3, -0.25) is 0 Å². The van der Waals surface area contributed by atoms with Crippen LogP contribution in [0.25, 0.3) is 0 Å². The third kappa shape index (κ3) is 4.76. The van der Waals surface area contributed by atoms with Crippen LogP contribution in [0, 0.1) is 0 Å². The molecule has 0 unspecified atom stereocenters. The third-order valence-electron chi connectivity index (χ3n) is 3.84. The zero-order valence-corrected chi connectivity index (χ0v) is 13.8. The van der Waals surface area contributed by atoms with Gasteiger partial charge in [0.1, 0.15) is 5.75 Å². The summed E-state index contributed by atoms with van der Waals surface area (Å²) < 4.78 is 6.92. The average Bonchev–Trinajstić information content (AvgIpc) is 2.46. The third-order valence-corrected chi connectivity index (χ3v) is 4.33. The van der Waals surface area contributed by atoms with E-state index in [9.17, 15) is 0 Å². The number of benzene rings is 1. The molecule has 0 heterocycles. The number of nitrogens with two attached hydrogens (primary N) is 1. The van der Waals surface area contributed by atoms with Gasteiger partial charge in [0.05, 0.1) is 6.61 Å². The summed E-state index contributed by atoms with van der Waals surface area (Å²) >= 11 is 3.54. The molecule has 0 aromatic heterocycles. The maximum Gasteiger partial charge on any atom is 0.123 e. The second-order valence-electron chi connectivity index (χ2n) is 5.59. The lowest BCUT2D eigenvalue weighted by Gasteiger charge is -2.27. The lowest BCUT2D eigenvalue weighted by Crippen LogP contribution is -2.37. The van der Waals surface area contributed by atoms with Gasteiger partial charge in [0.2, 0.25) is 0 Å². The molecule has 0 amide bonds. The van der Waals surface area contributed by atoms with Crippen molar-refractivity contribution < 1.29 is 4.74 Å². The van der Waals surface area contributed by atoms with Crippen molar-refractivity contribution in [2.45, 2.75) is 57.7 Å². The van der Waals surface area contributed by atoms with Gasteiger partial charge in [-0.25, -0.2) is 0 Å². The molecular weight excluding hydrogens is 316 g/mol. The summed E-state index contributed by atoms with van der Waals surface area (Å²) in [5, 5.41) is 3.65. The van der Waals surface area contributed by atoms with Crippen LogP contribution in [0.3, 0.4) is 0 Å². The lowest BCUT2D eigenvalue weighted by atomic mass is 9.92. The average molecular weight is 341 g/mol. The molecule has 3 nitrogen and oxygen atoms in total. The molecule has 3 N–H and O–H groups in total. The van der Waals surface area contributed by atoms with Crippen molar-refractivity contribution >= 4 is 15.9 Å². The first-order valence-electron chi connectivity index (χ1n) is 7.59. The molecule has 1 aliphatic rings. The summed E-state index contributed by atoms with van der Waals surface area (Å²) in [6, 6.07) is 7.23. The molecule has 1 fully saturated rings. The molecular formula is C16H25BrN2O. The highest BCUT2D eigenvalue weighted by atomic mass is 79.9. The zero-order valence-electron chi connectivity index (χ0n) is 12.2. The van der Waals surface area contributed by atoms with Gasteiger partial charge < -0.3 is 15.8 Å². The first kappa shape index (κ1) is 15.8. The molecule has 0 radical (unpaired) electrons. The summed E-state index contributed by atoms with van der Waals surface area (Å²) in [6.45, 7) is 3.76. The van der Waals surface area contributed by atoms with Crippen LogP contribution >= 0.6 is 15.9 Å². The van der Waals surface area contributed by atoms with Crippen LogP contribution in [0.2, 0.25) is 0 Å². The van der Waals surface area contributed by atoms with Crippen LogP contribution in [0.4, 0.5) is 0 Å². The van der Waals surface area contributed by atoms with E-state index in [1.165, 1.54) is 18.4 Å². The molecule has 0 spiro atoms. The van der Waals surface area contributed by atoms with Crippen LogP contribution in [0.5, 0.6) is 5.75 Å². The summed E-state index contributed by atoms with van der Waals surface area (Å²) in [6.07, 6.45) is 5.66. The number of rotatable bonds is 6. The Morgan fingerprint density at radius 1 is 1.30 bits per heavy atom. The number of nitrogens with one attached hydrogen (secondary N) is 1. The molecule has 1 aliphatic carbocycles. The maximum absolute atomic E-state index is 5.95. The summed E-state index contributed by atoms with van der Waals surface area (Å²) in [5.74, 6) is 0.995.